The zero-order valence-corrected chi connectivity index (χ0v) is 12.7. The number of carbonyl (C=O) groups is 1. The van der Waals surface area contributed by atoms with E-state index in [0.29, 0.717) is 29.4 Å². The lowest BCUT2D eigenvalue weighted by atomic mass is 10.2. The molecule has 0 unspecified atom stereocenters. The Morgan fingerprint density at radius 2 is 2.38 bits per heavy atom. The van der Waals surface area contributed by atoms with Crippen LogP contribution in [0.3, 0.4) is 0 Å². The lowest BCUT2D eigenvalue weighted by Crippen LogP contribution is -2.19. The van der Waals surface area contributed by atoms with E-state index in [1.165, 1.54) is 17.8 Å². The second kappa shape index (κ2) is 5.82. The highest BCUT2D eigenvalue weighted by molar-refractivity contribution is 7.13. The molecule has 1 aliphatic rings. The van der Waals surface area contributed by atoms with E-state index in [4.69, 9.17) is 4.74 Å². The maximum Gasteiger partial charge on any atom is 0.326 e. The second-order valence-electron chi connectivity index (χ2n) is 5.18. The van der Waals surface area contributed by atoms with Gasteiger partial charge in [0.15, 0.2) is 10.9 Å². The number of ether oxygens (including phenoxy) is 1. The summed E-state index contributed by atoms with van der Waals surface area (Å²) in [4.78, 5) is 16.1. The van der Waals surface area contributed by atoms with E-state index in [-0.39, 0.29) is 6.03 Å². The summed E-state index contributed by atoms with van der Waals surface area (Å²) in [6, 6.07) is 1.53. The number of urea groups is 1. The minimum atomic E-state index is -0.352. The summed E-state index contributed by atoms with van der Waals surface area (Å²) in [6.07, 6.45) is 1.18. The molecule has 2 aromatic rings. The van der Waals surface area contributed by atoms with Gasteiger partial charge >= 0.3 is 6.03 Å². The molecule has 2 atom stereocenters. The number of aromatic nitrogens is 3. The quantitative estimate of drug-likeness (QED) is 0.792. The SMILES string of the molecule is COCc1csc(NC(=O)Nc2cc([C@H]3C[C@@H]3C)[nH]n2)n1. The van der Waals surface area contributed by atoms with Gasteiger partial charge in [0.2, 0.25) is 0 Å². The number of amides is 2. The minimum absolute atomic E-state index is 0.352. The van der Waals surface area contributed by atoms with Gasteiger partial charge in [-0.1, -0.05) is 6.92 Å². The normalized spacial score (nSPS) is 20.3. The van der Waals surface area contributed by atoms with E-state index in [2.05, 4.69) is 32.7 Å². The number of thiazole rings is 1. The summed E-state index contributed by atoms with van der Waals surface area (Å²) < 4.78 is 4.98. The number of hydrogen-bond acceptors (Lipinski definition) is 5. The molecule has 0 aromatic carbocycles. The fourth-order valence-electron chi connectivity index (χ4n) is 2.17. The van der Waals surface area contributed by atoms with Crippen molar-refractivity contribution in [2.24, 2.45) is 5.92 Å². The molecule has 2 heterocycles. The van der Waals surface area contributed by atoms with E-state index in [0.717, 1.165) is 11.4 Å². The first-order chi connectivity index (χ1) is 10.2. The highest BCUT2D eigenvalue weighted by Gasteiger charge is 2.35. The Bertz CT molecular complexity index is 638. The van der Waals surface area contributed by atoms with Crippen molar-refractivity contribution in [2.45, 2.75) is 25.9 Å². The molecule has 7 nitrogen and oxygen atoms in total. The summed E-state index contributed by atoms with van der Waals surface area (Å²) in [5.74, 6) is 1.77. The number of anilines is 2. The van der Waals surface area contributed by atoms with Crippen molar-refractivity contribution in [2.75, 3.05) is 17.7 Å². The second-order valence-corrected chi connectivity index (χ2v) is 6.04. The van der Waals surface area contributed by atoms with Gasteiger partial charge < -0.3 is 4.74 Å². The predicted octanol–water partition coefficient (Wildman–Crippen LogP) is 2.78. The van der Waals surface area contributed by atoms with Gasteiger partial charge in [-0.15, -0.1) is 11.3 Å². The lowest BCUT2D eigenvalue weighted by Gasteiger charge is -2.01. The van der Waals surface area contributed by atoms with Gasteiger partial charge in [-0.3, -0.25) is 15.7 Å². The highest BCUT2D eigenvalue weighted by Crippen LogP contribution is 2.46. The molecule has 3 N–H and O–H groups in total. The van der Waals surface area contributed by atoms with Gasteiger partial charge in [-0.05, 0) is 12.3 Å². The van der Waals surface area contributed by atoms with Crippen molar-refractivity contribution >= 4 is 28.3 Å². The van der Waals surface area contributed by atoms with Crippen LogP contribution in [0.1, 0.15) is 30.7 Å². The number of hydrogen-bond donors (Lipinski definition) is 3. The van der Waals surface area contributed by atoms with Crippen LogP contribution in [0.15, 0.2) is 11.4 Å². The molecule has 0 bridgehead atoms. The lowest BCUT2D eigenvalue weighted by molar-refractivity contribution is 0.182. The van der Waals surface area contributed by atoms with Gasteiger partial charge in [0, 0.05) is 30.2 Å². The van der Waals surface area contributed by atoms with Gasteiger partial charge in [0.1, 0.15) is 0 Å². The first-order valence-electron chi connectivity index (χ1n) is 6.72. The summed E-state index contributed by atoms with van der Waals surface area (Å²) in [5.41, 5.74) is 1.87. The van der Waals surface area contributed by atoms with Gasteiger partial charge in [0.25, 0.3) is 0 Å². The van der Waals surface area contributed by atoms with Crippen LogP contribution in [0.2, 0.25) is 0 Å². The fourth-order valence-corrected chi connectivity index (χ4v) is 2.86. The third-order valence-electron chi connectivity index (χ3n) is 3.41. The largest absolute Gasteiger partial charge is 0.378 e. The number of nitrogens with zero attached hydrogens (tertiary/aromatic N) is 2. The molecule has 8 heteroatoms. The molecular weight excluding hydrogens is 290 g/mol. The predicted molar refractivity (Wildman–Crippen MR) is 80.6 cm³/mol. The Kier molecular flexibility index (Phi) is 3.89. The summed E-state index contributed by atoms with van der Waals surface area (Å²) in [6.45, 7) is 2.63. The third-order valence-corrected chi connectivity index (χ3v) is 4.22. The van der Waals surface area contributed by atoms with Crippen molar-refractivity contribution < 1.29 is 9.53 Å². The number of aromatic amines is 1. The average Bonchev–Trinajstić information content (AvgIpc) is 2.85. The van der Waals surface area contributed by atoms with Crippen LogP contribution in [0.4, 0.5) is 15.7 Å². The van der Waals surface area contributed by atoms with Crippen molar-refractivity contribution in [3.8, 4) is 0 Å². The smallest absolute Gasteiger partial charge is 0.326 e. The molecule has 112 valence electrons. The van der Waals surface area contributed by atoms with E-state index in [1.54, 1.807) is 7.11 Å². The van der Waals surface area contributed by atoms with Crippen LogP contribution >= 0.6 is 11.3 Å². The average molecular weight is 307 g/mol. The van der Waals surface area contributed by atoms with E-state index >= 15 is 0 Å². The molecule has 1 fully saturated rings. The zero-order valence-electron chi connectivity index (χ0n) is 11.8. The van der Waals surface area contributed by atoms with Gasteiger partial charge in [-0.25, -0.2) is 9.78 Å². The molecule has 3 rings (SSSR count). The Balaban J connectivity index is 1.54. The first-order valence-corrected chi connectivity index (χ1v) is 7.60. The molecule has 0 spiro atoms. The Morgan fingerprint density at radius 1 is 1.57 bits per heavy atom. The van der Waals surface area contributed by atoms with Crippen LogP contribution < -0.4 is 10.6 Å². The Labute approximate surface area is 126 Å². The van der Waals surface area contributed by atoms with Crippen LogP contribution in [-0.4, -0.2) is 28.3 Å². The third kappa shape index (κ3) is 3.40. The van der Waals surface area contributed by atoms with E-state index < -0.39 is 0 Å². The molecule has 0 radical (unpaired) electrons. The minimum Gasteiger partial charge on any atom is -0.378 e. The fraction of sp³-hybridized carbons (Fsp3) is 0.462. The summed E-state index contributed by atoms with van der Waals surface area (Å²) in [5, 5.41) is 14.8. The molecule has 0 saturated heterocycles. The van der Waals surface area contributed by atoms with Crippen molar-refractivity contribution in [1.82, 2.24) is 15.2 Å². The van der Waals surface area contributed by atoms with Crippen LogP contribution in [0.5, 0.6) is 0 Å². The highest BCUT2D eigenvalue weighted by atomic mass is 32.1. The maximum atomic E-state index is 11.9. The summed E-state index contributed by atoms with van der Waals surface area (Å²) in [7, 11) is 1.61. The van der Waals surface area contributed by atoms with Gasteiger partial charge in [0.05, 0.1) is 12.3 Å². The number of carbonyl (C=O) groups excluding carboxylic acids is 1. The van der Waals surface area contributed by atoms with Crippen LogP contribution in [-0.2, 0) is 11.3 Å². The molecule has 2 amide bonds. The van der Waals surface area contributed by atoms with E-state index in [9.17, 15) is 4.79 Å². The number of H-pyrrole nitrogens is 1. The Morgan fingerprint density at radius 3 is 3.10 bits per heavy atom. The van der Waals surface area contributed by atoms with Crippen molar-refractivity contribution in [3.63, 3.8) is 0 Å². The van der Waals surface area contributed by atoms with Crippen molar-refractivity contribution in [1.29, 1.82) is 0 Å². The molecule has 0 aliphatic heterocycles. The molecule has 2 aromatic heterocycles. The molecular formula is C13H17N5O2S. The Hall–Kier alpha value is -1.93. The number of nitrogens with one attached hydrogen (secondary N) is 3. The first kappa shape index (κ1) is 14.0. The monoisotopic (exact) mass is 307 g/mol. The molecule has 1 aliphatic carbocycles. The van der Waals surface area contributed by atoms with E-state index in [1.807, 2.05) is 11.4 Å². The summed E-state index contributed by atoms with van der Waals surface area (Å²) >= 11 is 1.36. The van der Waals surface area contributed by atoms with Gasteiger partial charge in [-0.2, -0.15) is 5.10 Å². The number of methoxy groups -OCH3 is 1. The molecule has 1 saturated carbocycles. The maximum absolute atomic E-state index is 11.9. The number of rotatable bonds is 5. The standard InChI is InChI=1S/C13H17N5O2S/c1-7-3-9(7)10-4-11(18-17-10)15-12(19)16-13-14-8(5-20-2)6-21-13/h4,6-7,9H,3,5H2,1-2H3,(H3,14,15,16,17,18,19)/t7-,9-/m0/s1. The zero-order chi connectivity index (χ0) is 14.8. The van der Waals surface area contributed by atoms with Crippen LogP contribution in [0.25, 0.3) is 0 Å². The topological polar surface area (TPSA) is 91.9 Å². The van der Waals surface area contributed by atoms with Crippen LogP contribution in [0, 0.1) is 5.92 Å². The molecule has 21 heavy (non-hydrogen) atoms. The van der Waals surface area contributed by atoms with Crippen molar-refractivity contribution in [3.05, 3.63) is 22.8 Å².